The number of ether oxygens (including phenoxy) is 1. The summed E-state index contributed by atoms with van der Waals surface area (Å²) >= 11 is 7.77. The Morgan fingerprint density at radius 2 is 2.32 bits per heavy atom. The molecule has 0 unspecified atom stereocenters. The van der Waals surface area contributed by atoms with Crippen molar-refractivity contribution in [2.75, 3.05) is 6.61 Å². The number of hydrogen-bond donors (Lipinski definition) is 1. The van der Waals surface area contributed by atoms with E-state index in [0.717, 1.165) is 34.0 Å². The first kappa shape index (κ1) is 15.5. The zero-order valence-electron chi connectivity index (χ0n) is 12.3. The number of amides is 1. The molecule has 0 saturated carbocycles. The molecule has 22 heavy (non-hydrogen) atoms. The predicted octanol–water partition coefficient (Wildman–Crippen LogP) is 3.57. The van der Waals surface area contributed by atoms with E-state index in [1.54, 1.807) is 11.3 Å². The highest BCUT2D eigenvalue weighted by molar-refractivity contribution is 7.15. The fourth-order valence-electron chi connectivity index (χ4n) is 2.41. The molecule has 4 nitrogen and oxygen atoms in total. The number of carbonyl (C=O) groups is 1. The Morgan fingerprint density at radius 3 is 3.05 bits per heavy atom. The van der Waals surface area contributed by atoms with E-state index in [4.69, 9.17) is 16.3 Å². The first-order valence-corrected chi connectivity index (χ1v) is 8.45. The third-order valence-electron chi connectivity index (χ3n) is 3.64. The van der Waals surface area contributed by atoms with Gasteiger partial charge in [0, 0.05) is 17.0 Å². The molecule has 0 spiro atoms. The Hall–Kier alpha value is -1.43. The maximum Gasteiger partial charge on any atom is 0.249 e. The van der Waals surface area contributed by atoms with E-state index < -0.39 is 0 Å². The molecule has 1 fully saturated rings. The second-order valence-electron chi connectivity index (χ2n) is 5.23. The van der Waals surface area contributed by atoms with Crippen LogP contribution in [-0.2, 0) is 16.1 Å². The first-order valence-electron chi connectivity index (χ1n) is 7.25. The Balaban J connectivity index is 1.70. The van der Waals surface area contributed by atoms with E-state index in [2.05, 4.69) is 10.3 Å². The van der Waals surface area contributed by atoms with Gasteiger partial charge in [-0.2, -0.15) is 0 Å². The van der Waals surface area contributed by atoms with Gasteiger partial charge in [0.1, 0.15) is 11.1 Å². The quantitative estimate of drug-likeness (QED) is 0.928. The molecule has 1 aromatic carbocycles. The van der Waals surface area contributed by atoms with Crippen LogP contribution in [0.15, 0.2) is 24.3 Å². The van der Waals surface area contributed by atoms with Crippen LogP contribution >= 0.6 is 22.9 Å². The number of benzene rings is 1. The zero-order chi connectivity index (χ0) is 15.5. The molecule has 2 aromatic rings. The van der Waals surface area contributed by atoms with Crippen LogP contribution in [0.1, 0.15) is 23.4 Å². The minimum absolute atomic E-state index is 0.0374. The molecule has 1 aliphatic rings. The molecule has 1 aliphatic heterocycles. The number of rotatable bonds is 4. The minimum atomic E-state index is -0.295. The van der Waals surface area contributed by atoms with Crippen LogP contribution in [0.4, 0.5) is 0 Å². The van der Waals surface area contributed by atoms with Gasteiger partial charge in [0.15, 0.2) is 0 Å². The normalized spacial score (nSPS) is 17.6. The van der Waals surface area contributed by atoms with Crippen molar-refractivity contribution in [3.63, 3.8) is 0 Å². The molecule has 1 saturated heterocycles. The SMILES string of the molecule is Cc1nc(-c2ccccc2Cl)sc1CNC(=O)[C@H]1CCCO1. The number of nitrogens with one attached hydrogen (secondary N) is 1. The van der Waals surface area contributed by atoms with Crippen molar-refractivity contribution in [1.29, 1.82) is 0 Å². The number of carbonyl (C=O) groups excluding carboxylic acids is 1. The van der Waals surface area contributed by atoms with Crippen molar-refractivity contribution in [2.45, 2.75) is 32.4 Å². The Labute approximate surface area is 138 Å². The van der Waals surface area contributed by atoms with Crippen LogP contribution in [0.2, 0.25) is 5.02 Å². The fraction of sp³-hybridized carbons (Fsp3) is 0.375. The average Bonchev–Trinajstić information content (AvgIpc) is 3.15. The van der Waals surface area contributed by atoms with Crippen molar-refractivity contribution in [3.8, 4) is 10.6 Å². The second kappa shape index (κ2) is 6.77. The minimum Gasteiger partial charge on any atom is -0.368 e. The Kier molecular flexibility index (Phi) is 4.76. The van der Waals surface area contributed by atoms with Gasteiger partial charge in [0.2, 0.25) is 5.91 Å². The summed E-state index contributed by atoms with van der Waals surface area (Å²) in [5.41, 5.74) is 1.85. The standard InChI is InChI=1S/C16H17ClN2O2S/c1-10-14(9-18-15(20)13-7-4-8-21-13)22-16(19-10)11-5-2-3-6-12(11)17/h2-3,5-6,13H,4,7-9H2,1H3,(H,18,20)/t13-/m1/s1. The summed E-state index contributed by atoms with van der Waals surface area (Å²) in [6.07, 6.45) is 1.46. The molecule has 1 atom stereocenters. The van der Waals surface area contributed by atoms with Crippen molar-refractivity contribution >= 4 is 28.8 Å². The summed E-state index contributed by atoms with van der Waals surface area (Å²) in [7, 11) is 0. The van der Waals surface area contributed by atoms with E-state index in [1.165, 1.54) is 0 Å². The van der Waals surface area contributed by atoms with Gasteiger partial charge in [-0.15, -0.1) is 11.3 Å². The largest absolute Gasteiger partial charge is 0.368 e. The van der Waals surface area contributed by atoms with Crippen LogP contribution in [0.3, 0.4) is 0 Å². The van der Waals surface area contributed by atoms with Crippen LogP contribution in [0, 0.1) is 6.92 Å². The molecule has 1 amide bonds. The highest BCUT2D eigenvalue weighted by Crippen LogP contribution is 2.32. The molecular weight excluding hydrogens is 320 g/mol. The summed E-state index contributed by atoms with van der Waals surface area (Å²) in [4.78, 5) is 17.6. The van der Waals surface area contributed by atoms with E-state index in [9.17, 15) is 4.79 Å². The van der Waals surface area contributed by atoms with Crippen molar-refractivity contribution in [2.24, 2.45) is 0 Å². The highest BCUT2D eigenvalue weighted by Gasteiger charge is 2.23. The zero-order valence-corrected chi connectivity index (χ0v) is 13.8. The molecule has 0 aliphatic carbocycles. The van der Waals surface area contributed by atoms with Gasteiger partial charge in [-0.25, -0.2) is 4.98 Å². The molecule has 0 radical (unpaired) electrons. The van der Waals surface area contributed by atoms with E-state index in [0.29, 0.717) is 18.2 Å². The maximum absolute atomic E-state index is 12.0. The van der Waals surface area contributed by atoms with Gasteiger partial charge in [0.25, 0.3) is 0 Å². The molecule has 2 heterocycles. The summed E-state index contributed by atoms with van der Waals surface area (Å²) < 4.78 is 5.38. The number of aromatic nitrogens is 1. The lowest BCUT2D eigenvalue weighted by atomic mass is 10.2. The number of thiazole rings is 1. The molecule has 116 valence electrons. The lowest BCUT2D eigenvalue weighted by Gasteiger charge is -2.09. The number of nitrogens with zero attached hydrogens (tertiary/aromatic N) is 1. The van der Waals surface area contributed by atoms with Crippen LogP contribution < -0.4 is 5.32 Å². The first-order chi connectivity index (χ1) is 10.6. The van der Waals surface area contributed by atoms with Crippen molar-refractivity contribution in [1.82, 2.24) is 10.3 Å². The summed E-state index contributed by atoms with van der Waals surface area (Å²) in [6, 6.07) is 7.65. The highest BCUT2D eigenvalue weighted by atomic mass is 35.5. The smallest absolute Gasteiger partial charge is 0.249 e. The fourth-order valence-corrected chi connectivity index (χ4v) is 3.73. The van der Waals surface area contributed by atoms with Crippen LogP contribution in [0.5, 0.6) is 0 Å². The van der Waals surface area contributed by atoms with Gasteiger partial charge in [-0.05, 0) is 25.8 Å². The summed E-state index contributed by atoms with van der Waals surface area (Å²) in [5, 5.41) is 4.50. The molecular formula is C16H17ClN2O2S. The number of aryl methyl sites for hydroxylation is 1. The Bertz CT molecular complexity index is 681. The van der Waals surface area contributed by atoms with Gasteiger partial charge in [-0.3, -0.25) is 4.79 Å². The van der Waals surface area contributed by atoms with E-state index in [-0.39, 0.29) is 12.0 Å². The van der Waals surface area contributed by atoms with E-state index >= 15 is 0 Å². The number of halogens is 1. The summed E-state index contributed by atoms with van der Waals surface area (Å²) in [5.74, 6) is -0.0374. The molecule has 1 N–H and O–H groups in total. The molecule has 6 heteroatoms. The Morgan fingerprint density at radius 1 is 1.50 bits per heavy atom. The maximum atomic E-state index is 12.0. The molecule has 1 aromatic heterocycles. The van der Waals surface area contributed by atoms with Gasteiger partial charge >= 0.3 is 0 Å². The van der Waals surface area contributed by atoms with Gasteiger partial charge < -0.3 is 10.1 Å². The second-order valence-corrected chi connectivity index (χ2v) is 6.72. The van der Waals surface area contributed by atoms with Gasteiger partial charge in [-0.1, -0.05) is 29.8 Å². The van der Waals surface area contributed by atoms with Crippen molar-refractivity contribution in [3.05, 3.63) is 39.9 Å². The topological polar surface area (TPSA) is 51.2 Å². The monoisotopic (exact) mass is 336 g/mol. The number of hydrogen-bond acceptors (Lipinski definition) is 4. The molecule has 3 rings (SSSR count). The van der Waals surface area contributed by atoms with E-state index in [1.807, 2.05) is 31.2 Å². The van der Waals surface area contributed by atoms with Crippen LogP contribution in [0.25, 0.3) is 10.6 Å². The predicted molar refractivity (Wildman–Crippen MR) is 88.1 cm³/mol. The third-order valence-corrected chi connectivity index (χ3v) is 5.16. The lowest BCUT2D eigenvalue weighted by Crippen LogP contribution is -2.33. The average molecular weight is 337 g/mol. The lowest BCUT2D eigenvalue weighted by molar-refractivity contribution is -0.130. The van der Waals surface area contributed by atoms with Gasteiger partial charge in [0.05, 0.1) is 17.3 Å². The van der Waals surface area contributed by atoms with Crippen molar-refractivity contribution < 1.29 is 9.53 Å². The molecule has 0 bridgehead atoms. The summed E-state index contributed by atoms with van der Waals surface area (Å²) in [6.45, 7) is 3.10. The van der Waals surface area contributed by atoms with Crippen LogP contribution in [-0.4, -0.2) is 23.6 Å². The third kappa shape index (κ3) is 3.32.